The molecule has 1 aromatic rings. The van der Waals surface area contributed by atoms with Gasteiger partial charge in [0.1, 0.15) is 5.75 Å². The Labute approximate surface area is 103 Å². The van der Waals surface area contributed by atoms with Crippen molar-refractivity contribution in [3.05, 3.63) is 24.0 Å². The van der Waals surface area contributed by atoms with Gasteiger partial charge in [-0.05, 0) is 24.8 Å². The van der Waals surface area contributed by atoms with E-state index in [1.807, 2.05) is 6.07 Å². The van der Waals surface area contributed by atoms with Gasteiger partial charge in [-0.15, -0.1) is 0 Å². The molecule has 3 nitrogen and oxygen atoms in total. The summed E-state index contributed by atoms with van der Waals surface area (Å²) in [4.78, 5) is 4.00. The van der Waals surface area contributed by atoms with Crippen LogP contribution in [0.3, 0.4) is 0 Å². The van der Waals surface area contributed by atoms with Crippen molar-refractivity contribution in [2.75, 3.05) is 7.11 Å². The molecule has 0 saturated heterocycles. The molecule has 0 radical (unpaired) electrons. The molecule has 2 rings (SSSR count). The number of rotatable bonds is 5. The number of hydrogen-bond acceptors (Lipinski definition) is 3. The first-order valence-electron chi connectivity index (χ1n) is 6.47. The molecule has 0 spiro atoms. The van der Waals surface area contributed by atoms with E-state index in [4.69, 9.17) is 4.74 Å². The van der Waals surface area contributed by atoms with Crippen LogP contribution in [0.1, 0.15) is 50.2 Å². The van der Waals surface area contributed by atoms with Crippen molar-refractivity contribution < 1.29 is 9.84 Å². The Morgan fingerprint density at radius 1 is 1.47 bits per heavy atom. The second-order valence-corrected chi connectivity index (χ2v) is 4.86. The Hall–Kier alpha value is -1.09. The van der Waals surface area contributed by atoms with Gasteiger partial charge in [-0.2, -0.15) is 0 Å². The van der Waals surface area contributed by atoms with Crippen molar-refractivity contribution in [3.8, 4) is 5.75 Å². The van der Waals surface area contributed by atoms with Gasteiger partial charge in [-0.25, -0.2) is 0 Å². The zero-order valence-corrected chi connectivity index (χ0v) is 10.4. The van der Waals surface area contributed by atoms with Crippen molar-refractivity contribution in [1.82, 2.24) is 4.98 Å². The number of pyridine rings is 1. The molecule has 1 N–H and O–H groups in total. The highest BCUT2D eigenvalue weighted by molar-refractivity contribution is 5.31. The standard InChI is InChI=1S/C14H21NO2/c1-17-14-10-15-9-8-12(14)13(16)7-6-11-4-2-3-5-11/h8-11,13,16H,2-7H2,1H3. The van der Waals surface area contributed by atoms with Crippen molar-refractivity contribution in [3.63, 3.8) is 0 Å². The molecule has 1 saturated carbocycles. The predicted octanol–water partition coefficient (Wildman–Crippen LogP) is 3.09. The molecule has 1 unspecified atom stereocenters. The minimum Gasteiger partial charge on any atom is -0.495 e. The molecule has 1 aliphatic rings. The third-order valence-corrected chi connectivity index (χ3v) is 3.72. The van der Waals surface area contributed by atoms with Crippen LogP contribution >= 0.6 is 0 Å². The SMILES string of the molecule is COc1cnccc1C(O)CCC1CCCC1. The van der Waals surface area contributed by atoms with Gasteiger partial charge in [-0.3, -0.25) is 4.98 Å². The second-order valence-electron chi connectivity index (χ2n) is 4.86. The monoisotopic (exact) mass is 235 g/mol. The van der Waals surface area contributed by atoms with Gasteiger partial charge in [0, 0.05) is 11.8 Å². The topological polar surface area (TPSA) is 42.4 Å². The summed E-state index contributed by atoms with van der Waals surface area (Å²) in [6, 6.07) is 1.85. The minimum atomic E-state index is -0.423. The lowest BCUT2D eigenvalue weighted by atomic mass is 9.96. The Balaban J connectivity index is 1.91. The van der Waals surface area contributed by atoms with Crippen LogP contribution in [0, 0.1) is 5.92 Å². The molecule has 1 fully saturated rings. The highest BCUT2D eigenvalue weighted by atomic mass is 16.5. The number of ether oxygens (including phenoxy) is 1. The highest BCUT2D eigenvalue weighted by Crippen LogP contribution is 2.33. The summed E-state index contributed by atoms with van der Waals surface area (Å²) < 4.78 is 5.22. The average Bonchev–Trinajstić information content (AvgIpc) is 2.89. The van der Waals surface area contributed by atoms with Gasteiger partial charge in [0.05, 0.1) is 19.4 Å². The molecule has 0 bridgehead atoms. The van der Waals surface area contributed by atoms with Crippen molar-refractivity contribution in [2.24, 2.45) is 5.92 Å². The van der Waals surface area contributed by atoms with E-state index >= 15 is 0 Å². The lowest BCUT2D eigenvalue weighted by molar-refractivity contribution is 0.153. The Morgan fingerprint density at radius 3 is 2.94 bits per heavy atom. The summed E-state index contributed by atoms with van der Waals surface area (Å²) >= 11 is 0. The van der Waals surface area contributed by atoms with E-state index in [1.165, 1.54) is 25.7 Å². The normalized spacial score (nSPS) is 18.2. The molecule has 1 aliphatic carbocycles. The fourth-order valence-electron chi connectivity index (χ4n) is 2.68. The van der Waals surface area contributed by atoms with Gasteiger partial charge in [0.2, 0.25) is 0 Å². The first kappa shape index (κ1) is 12.4. The van der Waals surface area contributed by atoms with Crippen LogP contribution in [0.15, 0.2) is 18.5 Å². The van der Waals surface area contributed by atoms with E-state index in [0.29, 0.717) is 5.75 Å². The summed E-state index contributed by atoms with van der Waals surface area (Å²) in [5.74, 6) is 1.50. The van der Waals surface area contributed by atoms with Crippen molar-refractivity contribution >= 4 is 0 Å². The largest absolute Gasteiger partial charge is 0.495 e. The predicted molar refractivity (Wildman–Crippen MR) is 66.9 cm³/mol. The minimum absolute atomic E-state index is 0.423. The van der Waals surface area contributed by atoms with Gasteiger partial charge in [-0.1, -0.05) is 25.7 Å². The summed E-state index contributed by atoms with van der Waals surface area (Å²) in [5.41, 5.74) is 0.862. The maximum absolute atomic E-state index is 10.2. The van der Waals surface area contributed by atoms with Gasteiger partial charge in [0.25, 0.3) is 0 Å². The quantitative estimate of drug-likeness (QED) is 0.852. The van der Waals surface area contributed by atoms with Crippen LogP contribution in [0.2, 0.25) is 0 Å². The molecule has 3 heteroatoms. The van der Waals surface area contributed by atoms with Crippen LogP contribution in [-0.4, -0.2) is 17.2 Å². The summed E-state index contributed by atoms with van der Waals surface area (Å²) in [6.45, 7) is 0. The molecule has 1 aromatic heterocycles. The van der Waals surface area contributed by atoms with E-state index < -0.39 is 6.10 Å². The van der Waals surface area contributed by atoms with Crippen LogP contribution < -0.4 is 4.74 Å². The molecule has 0 amide bonds. The maximum atomic E-state index is 10.2. The smallest absolute Gasteiger partial charge is 0.142 e. The zero-order chi connectivity index (χ0) is 12.1. The molecule has 17 heavy (non-hydrogen) atoms. The van der Waals surface area contributed by atoms with Gasteiger partial charge >= 0.3 is 0 Å². The number of nitrogens with zero attached hydrogens (tertiary/aromatic N) is 1. The Bertz CT molecular complexity index is 348. The first-order chi connectivity index (χ1) is 8.31. The number of aromatic nitrogens is 1. The molecular formula is C14H21NO2. The number of aliphatic hydroxyl groups excluding tert-OH is 1. The Morgan fingerprint density at radius 2 is 2.24 bits per heavy atom. The van der Waals surface area contributed by atoms with Gasteiger partial charge < -0.3 is 9.84 Å². The van der Waals surface area contributed by atoms with E-state index in [1.54, 1.807) is 19.5 Å². The third-order valence-electron chi connectivity index (χ3n) is 3.72. The summed E-state index contributed by atoms with van der Waals surface area (Å²) in [7, 11) is 1.62. The van der Waals surface area contributed by atoms with Crippen LogP contribution in [0.5, 0.6) is 5.75 Å². The van der Waals surface area contributed by atoms with E-state index in [-0.39, 0.29) is 0 Å². The summed E-state index contributed by atoms with van der Waals surface area (Å²) in [5, 5.41) is 10.2. The maximum Gasteiger partial charge on any atom is 0.142 e. The zero-order valence-electron chi connectivity index (χ0n) is 10.4. The molecule has 0 aromatic carbocycles. The van der Waals surface area contributed by atoms with Crippen LogP contribution in [0.25, 0.3) is 0 Å². The molecule has 1 heterocycles. The van der Waals surface area contributed by atoms with Crippen LogP contribution in [0.4, 0.5) is 0 Å². The molecule has 0 aliphatic heterocycles. The summed E-state index contributed by atoms with van der Waals surface area (Å²) in [6.07, 6.45) is 10.3. The first-order valence-corrected chi connectivity index (χ1v) is 6.47. The average molecular weight is 235 g/mol. The third kappa shape index (κ3) is 3.19. The lowest BCUT2D eigenvalue weighted by Gasteiger charge is -2.16. The molecule has 1 atom stereocenters. The van der Waals surface area contributed by atoms with Crippen LogP contribution in [-0.2, 0) is 0 Å². The Kier molecular flexibility index (Phi) is 4.37. The molecular weight excluding hydrogens is 214 g/mol. The lowest BCUT2D eigenvalue weighted by Crippen LogP contribution is -2.04. The van der Waals surface area contributed by atoms with Crippen molar-refractivity contribution in [2.45, 2.75) is 44.6 Å². The van der Waals surface area contributed by atoms with Gasteiger partial charge in [0.15, 0.2) is 0 Å². The molecule has 94 valence electrons. The number of hydrogen-bond donors (Lipinski definition) is 1. The number of aliphatic hydroxyl groups is 1. The van der Waals surface area contributed by atoms with Crippen molar-refractivity contribution in [1.29, 1.82) is 0 Å². The van der Waals surface area contributed by atoms with E-state index in [9.17, 15) is 5.11 Å². The fourth-order valence-corrected chi connectivity index (χ4v) is 2.68. The number of methoxy groups -OCH3 is 1. The fraction of sp³-hybridized carbons (Fsp3) is 0.643. The van der Waals surface area contributed by atoms with E-state index in [2.05, 4.69) is 4.98 Å². The van der Waals surface area contributed by atoms with E-state index in [0.717, 1.165) is 24.3 Å². The second kappa shape index (κ2) is 6.01. The highest BCUT2D eigenvalue weighted by Gasteiger charge is 2.18.